The quantitative estimate of drug-likeness (QED) is 0.757. The van der Waals surface area contributed by atoms with Crippen LogP contribution in [0.1, 0.15) is 25.0 Å². The maximum absolute atomic E-state index is 14.3. The second-order valence-electron chi connectivity index (χ2n) is 7.11. The number of amides is 1. The molecule has 2 heterocycles. The van der Waals surface area contributed by atoms with Crippen molar-refractivity contribution in [2.24, 2.45) is 11.3 Å². The van der Waals surface area contributed by atoms with E-state index in [2.05, 4.69) is 15.6 Å². The molecule has 1 saturated carbocycles. The lowest BCUT2D eigenvalue weighted by Gasteiger charge is -2.23. The number of benzene rings is 1. The van der Waals surface area contributed by atoms with Crippen LogP contribution in [-0.2, 0) is 11.4 Å². The van der Waals surface area contributed by atoms with Crippen molar-refractivity contribution in [3.8, 4) is 5.75 Å². The largest absolute Gasteiger partial charge is 0.484 e. The zero-order valence-corrected chi connectivity index (χ0v) is 17.0. The SMILES string of the molecule is Cl.Cl.O=C(Nc1ccc(OCc2ccccn2)c(F)c1)C1CC12CCNCC2. The van der Waals surface area contributed by atoms with Crippen molar-refractivity contribution >= 4 is 36.4 Å². The molecule has 2 aromatic rings. The van der Waals surface area contributed by atoms with Crippen molar-refractivity contribution in [3.05, 3.63) is 54.1 Å². The highest BCUT2D eigenvalue weighted by Gasteiger charge is 2.57. The van der Waals surface area contributed by atoms with Crippen LogP contribution in [0.3, 0.4) is 0 Å². The topological polar surface area (TPSA) is 63.2 Å². The van der Waals surface area contributed by atoms with Gasteiger partial charge >= 0.3 is 0 Å². The fraction of sp³-hybridized carbons (Fsp3) is 0.400. The molecule has 1 amide bonds. The second-order valence-corrected chi connectivity index (χ2v) is 7.11. The number of halogens is 3. The molecule has 0 radical (unpaired) electrons. The number of nitrogens with zero attached hydrogens (tertiary/aromatic N) is 1. The Morgan fingerprint density at radius 2 is 2.04 bits per heavy atom. The zero-order valence-electron chi connectivity index (χ0n) is 15.3. The third-order valence-electron chi connectivity index (χ3n) is 5.41. The minimum absolute atomic E-state index is 0. The van der Waals surface area contributed by atoms with E-state index < -0.39 is 5.82 Å². The first-order valence-corrected chi connectivity index (χ1v) is 9.00. The Labute approximate surface area is 176 Å². The van der Waals surface area contributed by atoms with Gasteiger partial charge in [0.15, 0.2) is 11.6 Å². The maximum Gasteiger partial charge on any atom is 0.228 e. The fourth-order valence-corrected chi connectivity index (χ4v) is 3.76. The van der Waals surface area contributed by atoms with Gasteiger partial charge in [0.05, 0.1) is 5.69 Å². The number of ether oxygens (including phenoxy) is 1. The molecule has 1 spiro atoms. The molecule has 1 aromatic heterocycles. The molecule has 1 atom stereocenters. The number of pyridine rings is 1. The van der Waals surface area contributed by atoms with Gasteiger partial charge in [-0.25, -0.2) is 4.39 Å². The smallest absolute Gasteiger partial charge is 0.228 e. The lowest BCUT2D eigenvalue weighted by Crippen LogP contribution is -2.31. The summed E-state index contributed by atoms with van der Waals surface area (Å²) in [5.41, 5.74) is 1.36. The van der Waals surface area contributed by atoms with E-state index in [1.807, 2.05) is 18.2 Å². The van der Waals surface area contributed by atoms with Crippen LogP contribution in [0.25, 0.3) is 0 Å². The van der Waals surface area contributed by atoms with E-state index in [4.69, 9.17) is 4.74 Å². The van der Waals surface area contributed by atoms with E-state index in [1.54, 1.807) is 18.3 Å². The highest BCUT2D eigenvalue weighted by molar-refractivity contribution is 5.95. The molecule has 2 aliphatic rings. The number of aromatic nitrogens is 1. The van der Waals surface area contributed by atoms with E-state index in [0.29, 0.717) is 5.69 Å². The minimum Gasteiger partial charge on any atom is -0.484 e. The normalized spacial score (nSPS) is 19.1. The average Bonchev–Trinajstić information content (AvgIpc) is 3.35. The van der Waals surface area contributed by atoms with E-state index in [9.17, 15) is 9.18 Å². The number of anilines is 1. The molecule has 152 valence electrons. The van der Waals surface area contributed by atoms with Gasteiger partial charge in [-0.2, -0.15) is 0 Å². The van der Waals surface area contributed by atoms with Gasteiger partial charge in [-0.1, -0.05) is 6.07 Å². The number of rotatable bonds is 5. The van der Waals surface area contributed by atoms with Gasteiger partial charge in [0.1, 0.15) is 6.61 Å². The van der Waals surface area contributed by atoms with E-state index in [0.717, 1.165) is 38.0 Å². The predicted octanol–water partition coefficient (Wildman–Crippen LogP) is 3.97. The molecule has 2 N–H and O–H groups in total. The second kappa shape index (κ2) is 9.54. The highest BCUT2D eigenvalue weighted by atomic mass is 35.5. The lowest BCUT2D eigenvalue weighted by atomic mass is 9.92. The van der Waals surface area contributed by atoms with Crippen LogP contribution in [0, 0.1) is 17.2 Å². The zero-order chi connectivity index (χ0) is 18.0. The Morgan fingerprint density at radius 1 is 1.25 bits per heavy atom. The first kappa shape index (κ1) is 22.4. The number of hydrogen-bond donors (Lipinski definition) is 2. The number of piperidine rings is 1. The molecular weight excluding hydrogens is 404 g/mol. The summed E-state index contributed by atoms with van der Waals surface area (Å²) in [6.45, 7) is 2.14. The molecule has 8 heteroatoms. The first-order chi connectivity index (χ1) is 12.7. The molecule has 4 rings (SSSR count). The molecule has 5 nitrogen and oxygen atoms in total. The summed E-state index contributed by atoms with van der Waals surface area (Å²) in [7, 11) is 0. The molecule has 1 unspecified atom stereocenters. The number of nitrogens with one attached hydrogen (secondary N) is 2. The maximum atomic E-state index is 14.3. The van der Waals surface area contributed by atoms with Gasteiger partial charge in [-0.3, -0.25) is 9.78 Å². The number of hydrogen-bond acceptors (Lipinski definition) is 4. The fourth-order valence-electron chi connectivity index (χ4n) is 3.76. The third-order valence-corrected chi connectivity index (χ3v) is 5.41. The van der Waals surface area contributed by atoms with Gasteiger partial charge in [-0.15, -0.1) is 24.8 Å². The molecular formula is C20H24Cl2FN3O2. The predicted molar refractivity (Wildman–Crippen MR) is 111 cm³/mol. The third kappa shape index (κ3) is 4.93. The molecule has 0 bridgehead atoms. The van der Waals surface area contributed by atoms with Crippen LogP contribution in [0.15, 0.2) is 42.6 Å². The van der Waals surface area contributed by atoms with Crippen LogP contribution < -0.4 is 15.4 Å². The Kier molecular flexibility index (Phi) is 7.63. The van der Waals surface area contributed by atoms with Crippen LogP contribution in [-0.4, -0.2) is 24.0 Å². The van der Waals surface area contributed by atoms with Crippen LogP contribution in [0.2, 0.25) is 0 Å². The van der Waals surface area contributed by atoms with Crippen molar-refractivity contribution in [2.45, 2.75) is 25.9 Å². The monoisotopic (exact) mass is 427 g/mol. The minimum atomic E-state index is -0.494. The Bertz CT molecular complexity index is 801. The van der Waals surface area contributed by atoms with Crippen LogP contribution >= 0.6 is 24.8 Å². The van der Waals surface area contributed by atoms with Crippen molar-refractivity contribution in [2.75, 3.05) is 18.4 Å². The first-order valence-electron chi connectivity index (χ1n) is 9.00. The Hall–Kier alpha value is -1.89. The van der Waals surface area contributed by atoms with Crippen molar-refractivity contribution in [1.29, 1.82) is 0 Å². The Balaban J connectivity index is 0.00000140. The molecule has 1 aromatic carbocycles. The van der Waals surface area contributed by atoms with E-state index >= 15 is 0 Å². The van der Waals surface area contributed by atoms with Crippen molar-refractivity contribution < 1.29 is 13.9 Å². The molecule has 2 fully saturated rings. The number of carbonyl (C=O) groups is 1. The van der Waals surface area contributed by atoms with Gasteiger partial charge in [0.2, 0.25) is 5.91 Å². The van der Waals surface area contributed by atoms with Crippen molar-refractivity contribution in [1.82, 2.24) is 10.3 Å². The molecule has 1 aliphatic carbocycles. The van der Waals surface area contributed by atoms with Gasteiger partial charge in [-0.05, 0) is 62.0 Å². The summed E-state index contributed by atoms with van der Waals surface area (Å²) in [5.74, 6) is -0.304. The summed E-state index contributed by atoms with van der Waals surface area (Å²) in [6, 6.07) is 10.0. The molecule has 1 saturated heterocycles. The summed E-state index contributed by atoms with van der Waals surface area (Å²) >= 11 is 0. The summed E-state index contributed by atoms with van der Waals surface area (Å²) in [5, 5.41) is 6.18. The highest BCUT2D eigenvalue weighted by Crippen LogP contribution is 2.58. The average molecular weight is 428 g/mol. The Morgan fingerprint density at radius 3 is 2.71 bits per heavy atom. The van der Waals surface area contributed by atoms with Gasteiger partial charge in [0.25, 0.3) is 0 Å². The van der Waals surface area contributed by atoms with E-state index in [1.165, 1.54) is 6.07 Å². The molecule has 28 heavy (non-hydrogen) atoms. The summed E-state index contributed by atoms with van der Waals surface area (Å²) in [4.78, 5) is 16.6. The lowest BCUT2D eigenvalue weighted by molar-refractivity contribution is -0.118. The summed E-state index contributed by atoms with van der Waals surface area (Å²) in [6.07, 6.45) is 4.69. The number of carbonyl (C=O) groups excluding carboxylic acids is 1. The standard InChI is InChI=1S/C20H22FN3O2.2ClH/c21-17-11-14(4-5-18(17)26-13-15-3-1-2-8-23-15)24-19(25)16-12-20(16)6-9-22-10-7-20;;/h1-5,8,11,16,22H,6-7,9-10,12-13H2,(H,24,25);2*1H. The van der Waals surface area contributed by atoms with Crippen LogP contribution in [0.5, 0.6) is 5.75 Å². The van der Waals surface area contributed by atoms with Gasteiger partial charge < -0.3 is 15.4 Å². The van der Waals surface area contributed by atoms with Crippen molar-refractivity contribution in [3.63, 3.8) is 0 Å². The van der Waals surface area contributed by atoms with E-state index in [-0.39, 0.29) is 54.4 Å². The molecule has 1 aliphatic heterocycles. The van der Waals surface area contributed by atoms with Gasteiger partial charge in [0, 0.05) is 23.9 Å². The summed E-state index contributed by atoms with van der Waals surface area (Å²) < 4.78 is 19.7. The van der Waals surface area contributed by atoms with Crippen LogP contribution in [0.4, 0.5) is 10.1 Å².